The molecule has 0 bridgehead atoms. The maximum Gasteiger partial charge on any atom is 0.171 e. The van der Waals surface area contributed by atoms with Crippen LogP contribution in [0.25, 0.3) is 10.9 Å². The SMILES string of the molecule is CC1CCN(CC2COc3ccc4ncccc4c3O2)CC1. The van der Waals surface area contributed by atoms with Gasteiger partial charge in [-0.05, 0) is 56.1 Å². The smallest absolute Gasteiger partial charge is 0.171 e. The van der Waals surface area contributed by atoms with E-state index in [-0.39, 0.29) is 6.10 Å². The van der Waals surface area contributed by atoms with Gasteiger partial charge in [-0.1, -0.05) is 6.92 Å². The number of piperidine rings is 1. The Morgan fingerprint density at radius 2 is 2.09 bits per heavy atom. The zero-order valence-electron chi connectivity index (χ0n) is 13.0. The van der Waals surface area contributed by atoms with Crippen molar-refractivity contribution in [3.05, 3.63) is 30.5 Å². The molecule has 0 N–H and O–H groups in total. The molecular weight excluding hydrogens is 276 g/mol. The van der Waals surface area contributed by atoms with Gasteiger partial charge < -0.3 is 9.47 Å². The number of hydrogen-bond acceptors (Lipinski definition) is 4. The first-order valence-electron chi connectivity index (χ1n) is 8.19. The minimum absolute atomic E-state index is 0.103. The van der Waals surface area contributed by atoms with Crippen molar-refractivity contribution in [2.24, 2.45) is 5.92 Å². The van der Waals surface area contributed by atoms with Crippen molar-refractivity contribution >= 4 is 10.9 Å². The van der Waals surface area contributed by atoms with Crippen molar-refractivity contribution in [3.63, 3.8) is 0 Å². The second kappa shape index (κ2) is 5.76. The number of pyridine rings is 1. The molecule has 1 saturated heterocycles. The van der Waals surface area contributed by atoms with E-state index in [9.17, 15) is 0 Å². The average molecular weight is 298 g/mol. The standard InChI is InChI=1S/C18H22N2O2/c1-13-6-9-20(10-7-13)11-14-12-21-17-5-4-16-15(18(17)22-14)3-2-8-19-16/h2-5,8,13-14H,6-7,9-12H2,1H3. The van der Waals surface area contributed by atoms with Gasteiger partial charge >= 0.3 is 0 Å². The van der Waals surface area contributed by atoms with Gasteiger partial charge in [0.05, 0.1) is 5.52 Å². The van der Waals surface area contributed by atoms with Crippen molar-refractivity contribution < 1.29 is 9.47 Å². The van der Waals surface area contributed by atoms with Gasteiger partial charge in [0, 0.05) is 18.1 Å². The number of fused-ring (bicyclic) bond motifs is 3. The van der Waals surface area contributed by atoms with Gasteiger partial charge in [0.25, 0.3) is 0 Å². The summed E-state index contributed by atoms with van der Waals surface area (Å²) in [4.78, 5) is 6.89. The van der Waals surface area contributed by atoms with E-state index >= 15 is 0 Å². The molecule has 1 aromatic heterocycles. The first-order chi connectivity index (χ1) is 10.8. The lowest BCUT2D eigenvalue weighted by Crippen LogP contribution is -2.44. The van der Waals surface area contributed by atoms with Gasteiger partial charge in [-0.2, -0.15) is 0 Å². The highest BCUT2D eigenvalue weighted by Crippen LogP contribution is 2.38. The molecule has 0 spiro atoms. The first kappa shape index (κ1) is 13.8. The van der Waals surface area contributed by atoms with E-state index in [0.717, 1.165) is 34.9 Å². The van der Waals surface area contributed by atoms with Gasteiger partial charge in [0.2, 0.25) is 0 Å². The predicted molar refractivity (Wildman–Crippen MR) is 86.5 cm³/mol. The zero-order chi connectivity index (χ0) is 14.9. The van der Waals surface area contributed by atoms with Gasteiger partial charge in [0.15, 0.2) is 11.5 Å². The van der Waals surface area contributed by atoms with E-state index < -0.39 is 0 Å². The van der Waals surface area contributed by atoms with Crippen molar-refractivity contribution in [2.75, 3.05) is 26.2 Å². The molecule has 1 atom stereocenters. The Labute approximate surface area is 131 Å². The molecule has 4 heteroatoms. The highest BCUT2D eigenvalue weighted by molar-refractivity contribution is 5.87. The van der Waals surface area contributed by atoms with Crippen LogP contribution < -0.4 is 9.47 Å². The third-order valence-electron chi connectivity index (χ3n) is 4.75. The van der Waals surface area contributed by atoms with Gasteiger partial charge in [0.1, 0.15) is 12.7 Å². The predicted octanol–water partition coefficient (Wildman–Crippen LogP) is 3.11. The molecule has 2 aliphatic heterocycles. The van der Waals surface area contributed by atoms with Crippen LogP contribution in [0, 0.1) is 5.92 Å². The number of nitrogens with zero attached hydrogens (tertiary/aromatic N) is 2. The van der Waals surface area contributed by atoms with E-state index in [4.69, 9.17) is 9.47 Å². The van der Waals surface area contributed by atoms with Gasteiger partial charge in [-0.3, -0.25) is 9.88 Å². The second-order valence-corrected chi connectivity index (χ2v) is 6.50. The number of benzene rings is 1. The quantitative estimate of drug-likeness (QED) is 0.853. The molecule has 116 valence electrons. The van der Waals surface area contributed by atoms with E-state index in [1.54, 1.807) is 0 Å². The summed E-state index contributed by atoms with van der Waals surface area (Å²) in [5.74, 6) is 2.55. The molecule has 2 aliphatic rings. The van der Waals surface area contributed by atoms with Crippen LogP contribution in [0.3, 0.4) is 0 Å². The Hall–Kier alpha value is -1.81. The van der Waals surface area contributed by atoms with Crippen LogP contribution in [0.1, 0.15) is 19.8 Å². The van der Waals surface area contributed by atoms with E-state index in [1.165, 1.54) is 25.9 Å². The summed E-state index contributed by atoms with van der Waals surface area (Å²) in [5, 5.41) is 1.04. The van der Waals surface area contributed by atoms with Gasteiger partial charge in [-0.25, -0.2) is 0 Å². The Bertz CT molecular complexity index is 665. The first-order valence-corrected chi connectivity index (χ1v) is 8.19. The Morgan fingerprint density at radius 1 is 1.23 bits per heavy atom. The largest absolute Gasteiger partial charge is 0.486 e. The van der Waals surface area contributed by atoms with E-state index in [2.05, 4.69) is 22.9 Å². The Kier molecular flexibility index (Phi) is 3.62. The maximum atomic E-state index is 6.27. The lowest BCUT2D eigenvalue weighted by molar-refractivity contribution is 0.0502. The summed E-state index contributed by atoms with van der Waals surface area (Å²) in [6.07, 6.45) is 4.49. The number of hydrogen-bond donors (Lipinski definition) is 0. The van der Waals surface area contributed by atoms with Crippen LogP contribution in [0.4, 0.5) is 0 Å². The summed E-state index contributed by atoms with van der Waals surface area (Å²) >= 11 is 0. The van der Waals surface area contributed by atoms with Crippen LogP contribution in [-0.4, -0.2) is 42.2 Å². The summed E-state index contributed by atoms with van der Waals surface area (Å²) in [7, 11) is 0. The summed E-state index contributed by atoms with van der Waals surface area (Å²) in [6.45, 7) is 6.26. The van der Waals surface area contributed by atoms with Crippen LogP contribution in [-0.2, 0) is 0 Å². The molecule has 0 amide bonds. The topological polar surface area (TPSA) is 34.6 Å². The molecule has 1 aromatic carbocycles. The molecular formula is C18H22N2O2. The highest BCUT2D eigenvalue weighted by Gasteiger charge is 2.26. The minimum Gasteiger partial charge on any atom is -0.486 e. The van der Waals surface area contributed by atoms with Crippen LogP contribution in [0.2, 0.25) is 0 Å². The molecule has 4 nitrogen and oxygen atoms in total. The number of rotatable bonds is 2. The molecule has 22 heavy (non-hydrogen) atoms. The lowest BCUT2D eigenvalue weighted by Gasteiger charge is -2.35. The monoisotopic (exact) mass is 298 g/mol. The van der Waals surface area contributed by atoms with Gasteiger partial charge in [-0.15, -0.1) is 0 Å². The molecule has 1 unspecified atom stereocenters. The Balaban J connectivity index is 1.52. The fraction of sp³-hybridized carbons (Fsp3) is 0.500. The molecule has 4 rings (SSSR count). The summed E-state index contributed by atoms with van der Waals surface area (Å²) in [5.41, 5.74) is 0.956. The number of aromatic nitrogens is 1. The maximum absolute atomic E-state index is 6.27. The van der Waals surface area contributed by atoms with Crippen LogP contribution >= 0.6 is 0 Å². The molecule has 1 fully saturated rings. The van der Waals surface area contributed by atoms with Crippen LogP contribution in [0.5, 0.6) is 11.5 Å². The van der Waals surface area contributed by atoms with Crippen molar-refractivity contribution in [3.8, 4) is 11.5 Å². The zero-order valence-corrected chi connectivity index (χ0v) is 13.0. The lowest BCUT2D eigenvalue weighted by atomic mass is 9.99. The van der Waals surface area contributed by atoms with E-state index in [1.807, 2.05) is 24.4 Å². The third-order valence-corrected chi connectivity index (χ3v) is 4.75. The average Bonchev–Trinajstić information content (AvgIpc) is 2.57. The van der Waals surface area contributed by atoms with Crippen molar-refractivity contribution in [1.82, 2.24) is 9.88 Å². The minimum atomic E-state index is 0.103. The van der Waals surface area contributed by atoms with Crippen molar-refractivity contribution in [1.29, 1.82) is 0 Å². The normalized spacial score (nSPS) is 22.9. The molecule has 0 radical (unpaired) electrons. The summed E-state index contributed by atoms with van der Waals surface area (Å²) in [6, 6.07) is 7.95. The number of likely N-dealkylation sites (tertiary alicyclic amines) is 1. The second-order valence-electron chi connectivity index (χ2n) is 6.50. The summed E-state index contributed by atoms with van der Waals surface area (Å²) < 4.78 is 12.2. The third kappa shape index (κ3) is 2.63. The molecule has 0 aliphatic carbocycles. The molecule has 3 heterocycles. The van der Waals surface area contributed by atoms with Crippen molar-refractivity contribution in [2.45, 2.75) is 25.9 Å². The van der Waals surface area contributed by atoms with E-state index in [0.29, 0.717) is 6.61 Å². The Morgan fingerprint density at radius 3 is 2.95 bits per heavy atom. The fourth-order valence-electron chi connectivity index (χ4n) is 3.35. The molecule has 0 saturated carbocycles. The molecule has 2 aromatic rings. The highest BCUT2D eigenvalue weighted by atomic mass is 16.6. The fourth-order valence-corrected chi connectivity index (χ4v) is 3.35. The van der Waals surface area contributed by atoms with Crippen LogP contribution in [0.15, 0.2) is 30.5 Å². The number of ether oxygens (including phenoxy) is 2.